The molecule has 0 amide bonds. The maximum atomic E-state index is 2.63. The first-order valence-corrected chi connectivity index (χ1v) is 21.3. The number of halogens is 2. The molecule has 9 rings (SSSR count). The first-order valence-electron chi connectivity index (χ1n) is 20.1. The van der Waals surface area contributed by atoms with E-state index in [-0.39, 0.29) is 35.6 Å². The summed E-state index contributed by atoms with van der Waals surface area (Å²) < 4.78 is 1.42. The van der Waals surface area contributed by atoms with Crippen LogP contribution in [0.1, 0.15) is 77.6 Å². The van der Waals surface area contributed by atoms with Crippen molar-refractivity contribution in [2.45, 2.75) is 61.8 Å². The maximum absolute atomic E-state index is 2.63. The molecule has 5 aromatic rings. The zero-order chi connectivity index (χ0) is 38.2. The normalized spacial score (nSPS) is 26.8. The Bertz CT molecular complexity index is 2140. The van der Waals surface area contributed by atoms with Gasteiger partial charge >= 0.3 is 99.2 Å². The van der Waals surface area contributed by atoms with Crippen molar-refractivity contribution in [3.63, 3.8) is 0 Å². The Hall–Kier alpha value is -3.35. The van der Waals surface area contributed by atoms with E-state index in [9.17, 15) is 0 Å². The van der Waals surface area contributed by atoms with Crippen molar-refractivity contribution in [1.29, 1.82) is 0 Å². The van der Waals surface area contributed by atoms with Crippen molar-refractivity contribution < 1.29 is 49.0 Å². The summed E-state index contributed by atoms with van der Waals surface area (Å²) in [6.07, 6.45) is 6.12. The number of rotatable bonds is 3. The molecule has 0 N–H and O–H groups in total. The molecule has 0 nitrogen and oxygen atoms in total. The van der Waals surface area contributed by atoms with Crippen molar-refractivity contribution in [1.82, 2.24) is 0 Å². The van der Waals surface area contributed by atoms with Crippen molar-refractivity contribution in [2.24, 2.45) is 40.4 Å². The largest absolute Gasteiger partial charge is 0.206 e. The second-order valence-electron chi connectivity index (χ2n) is 16.7. The van der Waals surface area contributed by atoms with Crippen LogP contribution in [-0.2, 0) is 30.7 Å². The van der Waals surface area contributed by atoms with Gasteiger partial charge in [-0.05, 0) is 34.7 Å². The van der Waals surface area contributed by atoms with Gasteiger partial charge in [-0.15, -0.1) is 6.92 Å². The fourth-order valence-electron chi connectivity index (χ4n) is 10.4. The molecule has 7 atom stereocenters. The van der Waals surface area contributed by atoms with Gasteiger partial charge in [-0.1, -0.05) is 150 Å². The van der Waals surface area contributed by atoms with Crippen LogP contribution in [0.15, 0.2) is 168 Å². The van der Waals surface area contributed by atoms with Gasteiger partial charge in [0.25, 0.3) is 0 Å². The summed E-state index contributed by atoms with van der Waals surface area (Å²) in [7, 11) is 0. The fraction of sp³-hybridized carbons (Fsp3) is 0.302. The van der Waals surface area contributed by atoms with Gasteiger partial charge < -0.3 is 24.8 Å². The Morgan fingerprint density at radius 1 is 0.679 bits per heavy atom. The van der Waals surface area contributed by atoms with Gasteiger partial charge in [-0.3, -0.25) is 0 Å². The van der Waals surface area contributed by atoms with E-state index in [0.717, 1.165) is 6.42 Å². The number of allylic oxidation sites excluding steroid dienone is 6. The summed E-state index contributed by atoms with van der Waals surface area (Å²) >= 11 is 1.46. The molecule has 288 valence electrons. The van der Waals surface area contributed by atoms with Crippen LogP contribution in [0.25, 0.3) is 16.7 Å². The van der Waals surface area contributed by atoms with E-state index in [4.69, 9.17) is 0 Å². The minimum absolute atomic E-state index is 0. The summed E-state index contributed by atoms with van der Waals surface area (Å²) in [6, 6.07) is 49.0. The van der Waals surface area contributed by atoms with Gasteiger partial charge in [0, 0.05) is 5.41 Å². The van der Waals surface area contributed by atoms with Crippen molar-refractivity contribution in [3.05, 3.63) is 197 Å². The first-order chi connectivity index (χ1) is 26.0. The summed E-state index contributed by atoms with van der Waals surface area (Å²) in [5.41, 5.74) is 15.2. The molecule has 1 saturated carbocycles. The third-order valence-corrected chi connectivity index (χ3v) is 15.8. The van der Waals surface area contributed by atoms with Crippen LogP contribution in [-0.4, -0.2) is 3.21 Å². The van der Waals surface area contributed by atoms with Gasteiger partial charge in [0.2, 0.25) is 0 Å². The Labute approximate surface area is 365 Å². The Kier molecular flexibility index (Phi) is 14.1. The quantitative estimate of drug-likeness (QED) is 0.165. The molecule has 0 radical (unpaired) electrons. The van der Waals surface area contributed by atoms with Crippen LogP contribution < -0.4 is 24.8 Å². The molecule has 5 aromatic carbocycles. The van der Waals surface area contributed by atoms with Crippen LogP contribution in [0, 0.1) is 46.3 Å². The van der Waals surface area contributed by atoms with E-state index in [2.05, 4.69) is 201 Å². The van der Waals surface area contributed by atoms with Crippen LogP contribution in [0.3, 0.4) is 0 Å². The third kappa shape index (κ3) is 7.54. The average molecular weight is 855 g/mol. The SMILES string of the molecule is C[C-]1C2=C3Cc4ccccc4C3=C3C=CC(C)C(C)C3(C)C2(C)C(C)C(C)C1C.[Cl-].[Cl-].[Zr+2]=[C](c1ccccc1)c1ccccc1.c1ccc(-c2cc[cH-]c2)cc1. The molecule has 0 aliphatic heterocycles. The first kappa shape index (κ1) is 43.8. The van der Waals surface area contributed by atoms with E-state index >= 15 is 0 Å². The standard InChI is InChI=1S/C29H37.C13H10.C11H9.2ClH.Zr/c1-16-13-14-25-26-23-12-10-9-11-22(23)15-24(26)27-19(4)17(2)18(3)21(6)29(27,8)28(25,7)20(16)5;1-3-7-12(8-4-1)11-13-9-5-2-6-10-13;1-2-6-10(7-3-1)11-8-4-5-9-11;;;/h9-14,16-18,20-21H,15H2,1-8H3;1-10H;1-9H;2*1H;/q-1;;-1;;;+2/p-2. The Morgan fingerprint density at radius 2 is 1.23 bits per heavy atom. The molecule has 0 heterocycles. The molecule has 7 unspecified atom stereocenters. The number of hydrogen-bond acceptors (Lipinski definition) is 0. The minimum atomic E-state index is 0. The number of fused-ring (bicyclic) bond motifs is 6. The van der Waals surface area contributed by atoms with E-state index in [0.29, 0.717) is 29.6 Å². The van der Waals surface area contributed by atoms with Crippen molar-refractivity contribution >= 4 is 8.78 Å². The number of benzene rings is 4. The molecule has 4 aliphatic carbocycles. The fourth-order valence-corrected chi connectivity index (χ4v) is 11.2. The smallest absolute Gasteiger partial charge is 0.0623 e. The van der Waals surface area contributed by atoms with Crippen LogP contribution in [0.4, 0.5) is 0 Å². The Morgan fingerprint density at radius 3 is 1.80 bits per heavy atom. The second-order valence-corrected chi connectivity index (χ2v) is 17.9. The molecule has 0 saturated heterocycles. The van der Waals surface area contributed by atoms with Crippen LogP contribution in [0.5, 0.6) is 0 Å². The molecule has 56 heavy (non-hydrogen) atoms. The topological polar surface area (TPSA) is 0 Å². The minimum Gasteiger partial charge on any atom is -0.206 e. The van der Waals surface area contributed by atoms with Crippen molar-refractivity contribution in [3.8, 4) is 11.1 Å². The van der Waals surface area contributed by atoms with Gasteiger partial charge in [-0.2, -0.15) is 34.9 Å². The average Bonchev–Trinajstić information content (AvgIpc) is 3.89. The summed E-state index contributed by atoms with van der Waals surface area (Å²) in [4.78, 5) is 0. The third-order valence-electron chi connectivity index (χ3n) is 14.4. The molecular weight excluding hydrogens is 799 g/mol. The molecular formula is C53H56Cl2Zr-2. The zero-order valence-electron chi connectivity index (χ0n) is 34.3. The van der Waals surface area contributed by atoms with Crippen LogP contribution >= 0.6 is 0 Å². The van der Waals surface area contributed by atoms with E-state index in [1.807, 2.05) is 6.07 Å². The van der Waals surface area contributed by atoms with Crippen LogP contribution in [0.2, 0.25) is 0 Å². The van der Waals surface area contributed by atoms with E-state index in [1.54, 1.807) is 28.2 Å². The molecule has 3 heteroatoms. The summed E-state index contributed by atoms with van der Waals surface area (Å²) in [5.74, 6) is 4.93. The van der Waals surface area contributed by atoms with E-state index < -0.39 is 0 Å². The Balaban J connectivity index is 0.000000185. The molecule has 0 spiro atoms. The molecule has 4 aliphatic rings. The van der Waals surface area contributed by atoms with Gasteiger partial charge in [-0.25, -0.2) is 12.0 Å². The van der Waals surface area contributed by atoms with Gasteiger partial charge in [0.15, 0.2) is 0 Å². The molecule has 1 fully saturated rings. The van der Waals surface area contributed by atoms with Crippen molar-refractivity contribution in [2.75, 3.05) is 0 Å². The predicted octanol–water partition coefficient (Wildman–Crippen LogP) is 7.56. The van der Waals surface area contributed by atoms with Gasteiger partial charge in [0.05, 0.1) is 0 Å². The predicted molar refractivity (Wildman–Crippen MR) is 228 cm³/mol. The molecule has 0 aromatic heterocycles. The number of hydrogen-bond donors (Lipinski definition) is 0. The maximum Gasteiger partial charge on any atom is -0.0623 e. The second kappa shape index (κ2) is 18.1. The zero-order valence-corrected chi connectivity index (χ0v) is 38.3. The van der Waals surface area contributed by atoms with Gasteiger partial charge in [0.1, 0.15) is 0 Å². The monoisotopic (exact) mass is 852 g/mol. The summed E-state index contributed by atoms with van der Waals surface area (Å²) in [5, 5.41) is 0. The molecule has 0 bridgehead atoms. The van der Waals surface area contributed by atoms with E-state index in [1.165, 1.54) is 60.8 Å². The summed E-state index contributed by atoms with van der Waals surface area (Å²) in [6.45, 7) is 20.2.